The molecule has 7 nitrogen and oxygen atoms in total. The van der Waals surface area contributed by atoms with Crippen LogP contribution in [-0.2, 0) is 26.0 Å². The summed E-state index contributed by atoms with van der Waals surface area (Å²) in [6.07, 6.45) is -0.232. The van der Waals surface area contributed by atoms with E-state index in [9.17, 15) is 18.0 Å². The highest BCUT2D eigenvalue weighted by Crippen LogP contribution is 2.12. The quantitative estimate of drug-likeness (QED) is 0.650. The fourth-order valence-electron chi connectivity index (χ4n) is 1.59. The molecule has 3 N–H and O–H groups in total. The molecule has 0 bridgehead atoms. The smallest absolute Gasteiger partial charge is 0.304 e. The van der Waals surface area contributed by atoms with E-state index in [0.717, 1.165) is 5.56 Å². The molecule has 0 aliphatic heterocycles. The molecule has 0 atom stereocenters. The maximum absolute atomic E-state index is 11.6. The summed E-state index contributed by atoms with van der Waals surface area (Å²) in [6.45, 7) is 2.38. The molecular formula is C13H18N2O5S. The number of benzene rings is 1. The van der Waals surface area contributed by atoms with Crippen molar-refractivity contribution in [3.63, 3.8) is 0 Å². The van der Waals surface area contributed by atoms with E-state index in [0.29, 0.717) is 12.2 Å². The number of carboxylic acids is 1. The van der Waals surface area contributed by atoms with E-state index in [1.165, 1.54) is 12.1 Å². The standard InChI is InChI=1S/C13H18N2O5S/c1-2-14-12(16)9-10-3-5-11(6-4-10)15-21(19,20)8-7-13(17)18/h3-6,15H,2,7-9H2,1H3,(H,14,16)(H,17,18). The lowest BCUT2D eigenvalue weighted by molar-refractivity contribution is -0.136. The van der Waals surface area contributed by atoms with E-state index in [1.54, 1.807) is 12.1 Å². The van der Waals surface area contributed by atoms with Crippen LogP contribution in [-0.4, -0.2) is 37.7 Å². The van der Waals surface area contributed by atoms with Crippen molar-refractivity contribution < 1.29 is 23.1 Å². The van der Waals surface area contributed by atoms with E-state index >= 15 is 0 Å². The predicted molar refractivity (Wildman–Crippen MR) is 78.5 cm³/mol. The van der Waals surface area contributed by atoms with Crippen LogP contribution >= 0.6 is 0 Å². The lowest BCUT2D eigenvalue weighted by atomic mass is 10.1. The molecule has 21 heavy (non-hydrogen) atoms. The number of hydrogen-bond acceptors (Lipinski definition) is 4. The lowest BCUT2D eigenvalue weighted by Gasteiger charge is -2.08. The first-order valence-electron chi connectivity index (χ1n) is 6.40. The molecule has 0 fully saturated rings. The Labute approximate surface area is 123 Å². The molecular weight excluding hydrogens is 296 g/mol. The normalized spacial score (nSPS) is 10.9. The second kappa shape index (κ2) is 7.63. The Kier molecular flexibility index (Phi) is 6.16. The summed E-state index contributed by atoms with van der Waals surface area (Å²) < 4.78 is 25.5. The van der Waals surface area contributed by atoms with Gasteiger partial charge in [-0.2, -0.15) is 0 Å². The maximum atomic E-state index is 11.6. The number of carbonyl (C=O) groups excluding carboxylic acids is 1. The summed E-state index contributed by atoms with van der Waals surface area (Å²) in [6, 6.07) is 6.36. The number of carbonyl (C=O) groups is 2. The van der Waals surface area contributed by atoms with Gasteiger partial charge < -0.3 is 10.4 Å². The van der Waals surface area contributed by atoms with Gasteiger partial charge in [0.2, 0.25) is 15.9 Å². The Hall–Kier alpha value is -2.09. The van der Waals surface area contributed by atoms with Gasteiger partial charge in [-0.1, -0.05) is 12.1 Å². The van der Waals surface area contributed by atoms with Crippen molar-refractivity contribution in [2.24, 2.45) is 0 Å². The second-order valence-electron chi connectivity index (χ2n) is 4.39. The van der Waals surface area contributed by atoms with Gasteiger partial charge in [0.05, 0.1) is 18.6 Å². The first-order chi connectivity index (χ1) is 9.82. The minimum atomic E-state index is -3.68. The monoisotopic (exact) mass is 314 g/mol. The third-order valence-corrected chi connectivity index (χ3v) is 3.84. The molecule has 1 amide bonds. The molecule has 1 aromatic rings. The third kappa shape index (κ3) is 6.75. The van der Waals surface area contributed by atoms with Crippen molar-refractivity contribution in [2.75, 3.05) is 17.0 Å². The molecule has 0 aliphatic carbocycles. The van der Waals surface area contributed by atoms with Gasteiger partial charge in [-0.3, -0.25) is 14.3 Å². The summed E-state index contributed by atoms with van der Waals surface area (Å²) >= 11 is 0. The number of hydrogen-bond donors (Lipinski definition) is 3. The van der Waals surface area contributed by atoms with Crippen LogP contribution in [0.15, 0.2) is 24.3 Å². The number of amides is 1. The first-order valence-corrected chi connectivity index (χ1v) is 8.05. The van der Waals surface area contributed by atoms with Crippen LogP contribution in [0.4, 0.5) is 5.69 Å². The van der Waals surface area contributed by atoms with E-state index in [1.807, 2.05) is 6.92 Å². The van der Waals surface area contributed by atoms with Crippen LogP contribution in [0.3, 0.4) is 0 Å². The molecule has 1 rings (SSSR count). The minimum Gasteiger partial charge on any atom is -0.481 e. The summed E-state index contributed by atoms with van der Waals surface area (Å²) in [7, 11) is -3.68. The molecule has 0 aromatic heterocycles. The van der Waals surface area contributed by atoms with Crippen molar-refractivity contribution in [1.29, 1.82) is 0 Å². The number of nitrogens with one attached hydrogen (secondary N) is 2. The number of aliphatic carboxylic acids is 1. The molecule has 0 radical (unpaired) electrons. The van der Waals surface area contributed by atoms with Gasteiger partial charge in [-0.25, -0.2) is 8.42 Å². The number of sulfonamides is 1. The van der Waals surface area contributed by atoms with Crippen LogP contribution in [0.1, 0.15) is 18.9 Å². The highest BCUT2D eigenvalue weighted by Gasteiger charge is 2.13. The topological polar surface area (TPSA) is 113 Å². The molecule has 8 heteroatoms. The maximum Gasteiger partial charge on any atom is 0.304 e. The minimum absolute atomic E-state index is 0.104. The number of carboxylic acid groups (broad SMARTS) is 1. The average Bonchev–Trinajstić information content (AvgIpc) is 2.39. The Morgan fingerprint density at radius 3 is 2.33 bits per heavy atom. The summed E-state index contributed by atoms with van der Waals surface area (Å²) in [4.78, 5) is 21.8. The van der Waals surface area contributed by atoms with Crippen molar-refractivity contribution in [2.45, 2.75) is 19.8 Å². The zero-order chi connectivity index (χ0) is 15.9. The summed E-state index contributed by atoms with van der Waals surface area (Å²) in [5.41, 5.74) is 1.09. The molecule has 0 aliphatic rings. The van der Waals surface area contributed by atoms with Gasteiger partial charge in [-0.05, 0) is 24.6 Å². The Morgan fingerprint density at radius 2 is 1.81 bits per heavy atom. The zero-order valence-electron chi connectivity index (χ0n) is 11.6. The average molecular weight is 314 g/mol. The summed E-state index contributed by atoms with van der Waals surface area (Å²) in [5.74, 6) is -1.76. The molecule has 0 heterocycles. The van der Waals surface area contributed by atoms with Gasteiger partial charge in [0.15, 0.2) is 0 Å². The largest absolute Gasteiger partial charge is 0.481 e. The highest BCUT2D eigenvalue weighted by molar-refractivity contribution is 7.92. The zero-order valence-corrected chi connectivity index (χ0v) is 12.4. The van der Waals surface area contributed by atoms with Crippen LogP contribution in [0.2, 0.25) is 0 Å². The molecule has 0 saturated heterocycles. The molecule has 0 spiro atoms. The van der Waals surface area contributed by atoms with E-state index < -0.39 is 28.2 Å². The van der Waals surface area contributed by atoms with Crippen molar-refractivity contribution in [3.05, 3.63) is 29.8 Å². The SMILES string of the molecule is CCNC(=O)Cc1ccc(NS(=O)(=O)CCC(=O)O)cc1. The van der Waals surface area contributed by atoms with Crippen molar-refractivity contribution in [1.82, 2.24) is 5.32 Å². The molecule has 0 unspecified atom stereocenters. The molecule has 1 aromatic carbocycles. The fourth-order valence-corrected chi connectivity index (χ4v) is 2.63. The van der Waals surface area contributed by atoms with Crippen LogP contribution < -0.4 is 10.0 Å². The van der Waals surface area contributed by atoms with E-state index in [2.05, 4.69) is 10.0 Å². The predicted octanol–water partition coefficient (Wildman–Crippen LogP) is 0.582. The van der Waals surface area contributed by atoms with Crippen molar-refractivity contribution in [3.8, 4) is 0 Å². The first kappa shape index (κ1) is 17.0. The van der Waals surface area contributed by atoms with Gasteiger partial charge in [0.25, 0.3) is 0 Å². The lowest BCUT2D eigenvalue weighted by Crippen LogP contribution is -2.24. The highest BCUT2D eigenvalue weighted by atomic mass is 32.2. The second-order valence-corrected chi connectivity index (χ2v) is 6.23. The summed E-state index contributed by atoms with van der Waals surface area (Å²) in [5, 5.41) is 11.1. The third-order valence-electron chi connectivity index (χ3n) is 2.55. The van der Waals surface area contributed by atoms with E-state index in [4.69, 9.17) is 5.11 Å². The fraction of sp³-hybridized carbons (Fsp3) is 0.385. The number of likely N-dealkylation sites (N-methyl/N-ethyl adjacent to an activating group) is 1. The van der Waals surface area contributed by atoms with Crippen LogP contribution in [0.5, 0.6) is 0 Å². The number of rotatable bonds is 8. The van der Waals surface area contributed by atoms with Crippen LogP contribution in [0.25, 0.3) is 0 Å². The van der Waals surface area contributed by atoms with Crippen LogP contribution in [0, 0.1) is 0 Å². The van der Waals surface area contributed by atoms with Crippen molar-refractivity contribution >= 4 is 27.6 Å². The Morgan fingerprint density at radius 1 is 1.19 bits per heavy atom. The number of anilines is 1. The van der Waals surface area contributed by atoms with Gasteiger partial charge in [0, 0.05) is 12.2 Å². The Balaban J connectivity index is 2.62. The van der Waals surface area contributed by atoms with Gasteiger partial charge in [-0.15, -0.1) is 0 Å². The molecule has 116 valence electrons. The molecule has 0 saturated carbocycles. The van der Waals surface area contributed by atoms with Gasteiger partial charge in [0.1, 0.15) is 0 Å². The van der Waals surface area contributed by atoms with E-state index in [-0.39, 0.29) is 12.3 Å². The Bertz CT molecular complexity index is 595. The van der Waals surface area contributed by atoms with Gasteiger partial charge >= 0.3 is 5.97 Å².